The SMILES string of the molecule is CC(N)CCC(=O)NC(c1ccc(Cl)cc1)c1ccc(Cl)cc1. The molecular weight excluding hydrogens is 331 g/mol. The first-order valence-corrected chi connectivity index (χ1v) is 8.27. The fourth-order valence-corrected chi connectivity index (χ4v) is 2.51. The van der Waals surface area contributed by atoms with Gasteiger partial charge in [-0.2, -0.15) is 0 Å². The molecule has 0 bridgehead atoms. The van der Waals surface area contributed by atoms with Gasteiger partial charge in [-0.15, -0.1) is 0 Å². The number of halogens is 2. The number of hydrogen-bond donors (Lipinski definition) is 2. The van der Waals surface area contributed by atoms with Crippen molar-refractivity contribution in [3.05, 3.63) is 69.7 Å². The smallest absolute Gasteiger partial charge is 0.220 e. The number of nitrogens with one attached hydrogen (secondary N) is 1. The van der Waals surface area contributed by atoms with E-state index in [1.54, 1.807) is 0 Å². The van der Waals surface area contributed by atoms with Crippen LogP contribution in [0.1, 0.15) is 36.9 Å². The molecule has 0 saturated carbocycles. The van der Waals surface area contributed by atoms with Crippen LogP contribution in [0.4, 0.5) is 0 Å². The van der Waals surface area contributed by atoms with Crippen molar-refractivity contribution in [3.63, 3.8) is 0 Å². The van der Waals surface area contributed by atoms with Crippen LogP contribution in [0.2, 0.25) is 10.0 Å². The molecule has 5 heteroatoms. The van der Waals surface area contributed by atoms with E-state index < -0.39 is 0 Å². The van der Waals surface area contributed by atoms with Crippen LogP contribution >= 0.6 is 23.2 Å². The van der Waals surface area contributed by atoms with E-state index in [4.69, 9.17) is 28.9 Å². The summed E-state index contributed by atoms with van der Waals surface area (Å²) >= 11 is 11.9. The number of hydrogen-bond acceptors (Lipinski definition) is 2. The molecule has 0 aliphatic heterocycles. The van der Waals surface area contributed by atoms with Crippen LogP contribution in [0.5, 0.6) is 0 Å². The molecular formula is C18H20Cl2N2O. The Morgan fingerprint density at radius 3 is 1.83 bits per heavy atom. The van der Waals surface area contributed by atoms with Gasteiger partial charge in [-0.1, -0.05) is 47.5 Å². The van der Waals surface area contributed by atoms with E-state index in [1.165, 1.54) is 0 Å². The van der Waals surface area contributed by atoms with Gasteiger partial charge in [-0.25, -0.2) is 0 Å². The molecule has 0 fully saturated rings. The molecule has 0 radical (unpaired) electrons. The van der Waals surface area contributed by atoms with Crippen LogP contribution in [0, 0.1) is 0 Å². The second-order valence-corrected chi connectivity index (χ2v) is 6.49. The number of nitrogens with two attached hydrogens (primary N) is 1. The largest absolute Gasteiger partial charge is 0.345 e. The molecule has 122 valence electrons. The Hall–Kier alpha value is -1.55. The van der Waals surface area contributed by atoms with E-state index in [1.807, 2.05) is 55.5 Å². The predicted molar refractivity (Wildman–Crippen MR) is 95.8 cm³/mol. The average Bonchev–Trinajstić information content (AvgIpc) is 2.52. The van der Waals surface area contributed by atoms with E-state index in [9.17, 15) is 4.79 Å². The van der Waals surface area contributed by atoms with Gasteiger partial charge in [0.15, 0.2) is 0 Å². The topological polar surface area (TPSA) is 55.1 Å². The quantitative estimate of drug-likeness (QED) is 0.814. The van der Waals surface area contributed by atoms with Gasteiger partial charge in [0.05, 0.1) is 6.04 Å². The first-order chi connectivity index (χ1) is 11.0. The monoisotopic (exact) mass is 350 g/mol. The lowest BCUT2D eigenvalue weighted by atomic mass is 9.98. The summed E-state index contributed by atoms with van der Waals surface area (Å²) in [6, 6.07) is 14.7. The third-order valence-electron chi connectivity index (χ3n) is 3.54. The summed E-state index contributed by atoms with van der Waals surface area (Å²) in [6.45, 7) is 1.89. The number of carbonyl (C=O) groups is 1. The fourth-order valence-electron chi connectivity index (χ4n) is 2.26. The van der Waals surface area contributed by atoms with Gasteiger partial charge < -0.3 is 11.1 Å². The maximum absolute atomic E-state index is 12.2. The fraction of sp³-hybridized carbons (Fsp3) is 0.278. The summed E-state index contributed by atoms with van der Waals surface area (Å²) in [5.41, 5.74) is 7.65. The molecule has 1 atom stereocenters. The van der Waals surface area contributed by atoms with Gasteiger partial charge >= 0.3 is 0 Å². The van der Waals surface area contributed by atoms with Crippen molar-refractivity contribution in [2.45, 2.75) is 31.8 Å². The number of rotatable bonds is 6. The van der Waals surface area contributed by atoms with Crippen LogP contribution in [0.3, 0.4) is 0 Å². The molecule has 0 aliphatic carbocycles. The molecule has 0 heterocycles. The van der Waals surface area contributed by atoms with Crippen molar-refractivity contribution in [3.8, 4) is 0 Å². The van der Waals surface area contributed by atoms with E-state index in [0.29, 0.717) is 22.9 Å². The Morgan fingerprint density at radius 2 is 1.43 bits per heavy atom. The lowest BCUT2D eigenvalue weighted by Crippen LogP contribution is -2.30. The second-order valence-electron chi connectivity index (χ2n) is 5.62. The summed E-state index contributed by atoms with van der Waals surface area (Å²) < 4.78 is 0. The highest BCUT2D eigenvalue weighted by Gasteiger charge is 2.17. The van der Waals surface area contributed by atoms with E-state index >= 15 is 0 Å². The maximum Gasteiger partial charge on any atom is 0.220 e. The second kappa shape index (κ2) is 8.34. The highest BCUT2D eigenvalue weighted by molar-refractivity contribution is 6.30. The van der Waals surface area contributed by atoms with Crippen molar-refractivity contribution < 1.29 is 4.79 Å². The Morgan fingerprint density at radius 1 is 1.00 bits per heavy atom. The van der Waals surface area contributed by atoms with Crippen molar-refractivity contribution in [2.75, 3.05) is 0 Å². The number of benzene rings is 2. The van der Waals surface area contributed by atoms with Crippen LogP contribution in [-0.4, -0.2) is 11.9 Å². The number of carbonyl (C=O) groups excluding carboxylic acids is 1. The summed E-state index contributed by atoms with van der Waals surface area (Å²) in [7, 11) is 0. The van der Waals surface area contributed by atoms with Gasteiger partial charge in [-0.05, 0) is 48.7 Å². The van der Waals surface area contributed by atoms with Crippen molar-refractivity contribution in [1.29, 1.82) is 0 Å². The average molecular weight is 351 g/mol. The summed E-state index contributed by atoms with van der Waals surface area (Å²) in [6.07, 6.45) is 1.05. The predicted octanol–water partition coefficient (Wildman–Crippen LogP) is 4.33. The third kappa shape index (κ3) is 5.54. The minimum absolute atomic E-state index is 0.00487. The molecule has 2 rings (SSSR count). The Balaban J connectivity index is 2.22. The first kappa shape index (κ1) is 17.8. The lowest BCUT2D eigenvalue weighted by molar-refractivity contribution is -0.121. The molecule has 3 nitrogen and oxygen atoms in total. The highest BCUT2D eigenvalue weighted by Crippen LogP contribution is 2.25. The molecule has 0 saturated heterocycles. The molecule has 2 aromatic rings. The van der Waals surface area contributed by atoms with Crippen LogP contribution < -0.4 is 11.1 Å². The van der Waals surface area contributed by atoms with Crippen LogP contribution in [0.15, 0.2) is 48.5 Å². The standard InChI is InChI=1S/C18H20Cl2N2O/c1-12(21)2-11-17(23)22-18(13-3-7-15(19)8-4-13)14-5-9-16(20)10-6-14/h3-10,12,18H,2,11,21H2,1H3,(H,22,23). The first-order valence-electron chi connectivity index (χ1n) is 7.51. The maximum atomic E-state index is 12.2. The van der Waals surface area contributed by atoms with E-state index in [2.05, 4.69) is 5.32 Å². The van der Waals surface area contributed by atoms with Crippen molar-refractivity contribution >= 4 is 29.1 Å². The van der Waals surface area contributed by atoms with Crippen molar-refractivity contribution in [2.24, 2.45) is 5.73 Å². The normalized spacial score (nSPS) is 12.2. The Labute approximate surface area is 146 Å². The van der Waals surface area contributed by atoms with Gasteiger partial charge in [0.1, 0.15) is 0 Å². The lowest BCUT2D eigenvalue weighted by Gasteiger charge is -2.20. The van der Waals surface area contributed by atoms with Crippen LogP contribution in [-0.2, 0) is 4.79 Å². The molecule has 3 N–H and O–H groups in total. The zero-order chi connectivity index (χ0) is 16.8. The Kier molecular flexibility index (Phi) is 6.46. The van der Waals surface area contributed by atoms with Gasteiger partial charge in [-0.3, -0.25) is 4.79 Å². The van der Waals surface area contributed by atoms with E-state index in [-0.39, 0.29) is 18.0 Å². The van der Waals surface area contributed by atoms with Gasteiger partial charge in [0, 0.05) is 22.5 Å². The Bertz CT molecular complexity index is 594. The molecule has 2 aromatic carbocycles. The zero-order valence-electron chi connectivity index (χ0n) is 12.9. The van der Waals surface area contributed by atoms with E-state index in [0.717, 1.165) is 11.1 Å². The number of amides is 1. The molecule has 1 unspecified atom stereocenters. The third-order valence-corrected chi connectivity index (χ3v) is 4.04. The molecule has 0 aromatic heterocycles. The summed E-state index contributed by atoms with van der Waals surface area (Å²) in [5, 5.41) is 4.38. The zero-order valence-corrected chi connectivity index (χ0v) is 14.4. The molecule has 0 spiro atoms. The van der Waals surface area contributed by atoms with Crippen LogP contribution in [0.25, 0.3) is 0 Å². The van der Waals surface area contributed by atoms with Gasteiger partial charge in [0.2, 0.25) is 5.91 Å². The molecule has 1 amide bonds. The highest BCUT2D eigenvalue weighted by atomic mass is 35.5. The molecule has 0 aliphatic rings. The minimum atomic E-state index is -0.245. The van der Waals surface area contributed by atoms with Crippen molar-refractivity contribution in [1.82, 2.24) is 5.32 Å². The molecule has 23 heavy (non-hydrogen) atoms. The minimum Gasteiger partial charge on any atom is -0.345 e. The van der Waals surface area contributed by atoms with Gasteiger partial charge in [0.25, 0.3) is 0 Å². The summed E-state index contributed by atoms with van der Waals surface area (Å²) in [4.78, 5) is 12.2. The summed E-state index contributed by atoms with van der Waals surface area (Å²) in [5.74, 6) is -0.0304.